The van der Waals surface area contributed by atoms with Gasteiger partial charge >= 0.3 is 13.3 Å². The van der Waals surface area contributed by atoms with Gasteiger partial charge in [0.2, 0.25) is 0 Å². The van der Waals surface area contributed by atoms with E-state index in [1.54, 1.807) is 31.5 Å². The molecule has 21 heteroatoms. The largest absolute Gasteiger partial charge is 0.497 e. The molecule has 70 heavy (non-hydrogen) atoms. The van der Waals surface area contributed by atoms with Gasteiger partial charge in [-0.05, 0) is 53.1 Å². The number of para-hydroxylation sites is 1. The Kier molecular flexibility index (Phi) is 14.7. The molecule has 20 nitrogen and oxygen atoms in total. The molecule has 7 aromatic rings. The molecule has 9 rings (SSSR count). The lowest BCUT2D eigenvalue weighted by atomic mass is 9.80. The zero-order valence-corrected chi connectivity index (χ0v) is 39.6. The SMILES string of the molecule is COc1ccc(C(OC[C@H]2O[C@@H](n3cnc4c(Nc5ccccc5)ncnc43)[C@@H](OC)C2OP(=O)(CO[C@@H]2[CH][C@H](OC)[C@H](n3ccc(=O)[nH]c3=O)O2)OC)(c2ccccc2)c2ccc(OC)cc2)cc1. The lowest BCUT2D eigenvalue weighted by Gasteiger charge is -2.37. The normalized spacial score (nSPS) is 22.2. The van der Waals surface area contributed by atoms with Crippen LogP contribution >= 0.6 is 7.60 Å². The smallest absolute Gasteiger partial charge is 0.356 e. The van der Waals surface area contributed by atoms with Crippen molar-refractivity contribution in [2.24, 2.45) is 0 Å². The number of hydrogen-bond acceptors (Lipinski definition) is 17. The number of hydrogen-bond donors (Lipinski definition) is 2. The maximum Gasteiger partial charge on any atom is 0.356 e. The fourth-order valence-corrected chi connectivity index (χ4v) is 9.85. The number of rotatable bonds is 20. The van der Waals surface area contributed by atoms with Crippen LogP contribution in [0.1, 0.15) is 29.1 Å². The molecule has 0 aliphatic carbocycles. The monoisotopic (exact) mass is 976 g/mol. The molecule has 2 aliphatic heterocycles. The predicted octanol–water partition coefficient (Wildman–Crippen LogP) is 6.33. The van der Waals surface area contributed by atoms with Gasteiger partial charge in [0.15, 0.2) is 42.1 Å². The summed E-state index contributed by atoms with van der Waals surface area (Å²) < 4.78 is 79.2. The fourth-order valence-electron chi connectivity index (χ4n) is 8.64. The van der Waals surface area contributed by atoms with Gasteiger partial charge < -0.3 is 47.7 Å². The van der Waals surface area contributed by atoms with E-state index in [4.69, 9.17) is 51.9 Å². The topological polar surface area (TPSA) is 220 Å². The van der Waals surface area contributed by atoms with Crippen molar-refractivity contribution in [2.45, 2.75) is 48.8 Å². The maximum absolute atomic E-state index is 14.9. The lowest BCUT2D eigenvalue weighted by Crippen LogP contribution is -2.41. The maximum atomic E-state index is 14.9. The van der Waals surface area contributed by atoms with E-state index in [-0.39, 0.29) is 6.61 Å². The van der Waals surface area contributed by atoms with Crippen molar-refractivity contribution in [3.8, 4) is 11.5 Å². The molecule has 2 saturated heterocycles. The van der Waals surface area contributed by atoms with Crippen LogP contribution in [0.4, 0.5) is 11.5 Å². The first-order valence-electron chi connectivity index (χ1n) is 22.1. The van der Waals surface area contributed by atoms with Gasteiger partial charge in [0.25, 0.3) is 5.56 Å². The Labute approximate surface area is 401 Å². The Morgan fingerprint density at radius 3 is 2.00 bits per heavy atom. The van der Waals surface area contributed by atoms with Crippen LogP contribution in [-0.2, 0) is 47.6 Å². The summed E-state index contributed by atoms with van der Waals surface area (Å²) in [4.78, 5) is 40.5. The van der Waals surface area contributed by atoms with E-state index in [1.165, 1.54) is 39.9 Å². The Hall–Kier alpha value is -6.58. The highest BCUT2D eigenvalue weighted by atomic mass is 31.2. The Balaban J connectivity index is 1.08. The number of ether oxygens (including phenoxy) is 8. The number of nitrogens with zero attached hydrogens (tertiary/aromatic N) is 5. The van der Waals surface area contributed by atoms with E-state index in [0.29, 0.717) is 28.5 Å². The zero-order chi connectivity index (χ0) is 48.8. The second-order valence-corrected chi connectivity index (χ2v) is 18.1. The second-order valence-electron chi connectivity index (χ2n) is 16.1. The van der Waals surface area contributed by atoms with Crippen molar-refractivity contribution in [3.63, 3.8) is 0 Å². The molecule has 0 saturated carbocycles. The van der Waals surface area contributed by atoms with E-state index in [2.05, 4.69) is 20.3 Å². The van der Waals surface area contributed by atoms with Gasteiger partial charge in [-0.2, -0.15) is 0 Å². The summed E-state index contributed by atoms with van der Waals surface area (Å²) >= 11 is 0. The Morgan fingerprint density at radius 1 is 0.729 bits per heavy atom. The van der Waals surface area contributed by atoms with Gasteiger partial charge in [-0.25, -0.2) is 19.7 Å². The predicted molar refractivity (Wildman–Crippen MR) is 254 cm³/mol. The minimum absolute atomic E-state index is 0.175. The number of nitrogens with one attached hydrogen (secondary N) is 2. The van der Waals surface area contributed by atoms with Crippen molar-refractivity contribution in [3.05, 3.63) is 178 Å². The van der Waals surface area contributed by atoms with E-state index >= 15 is 0 Å². The standard InChI is InChI=1S/C49H51N7O13P/c1-60-35-20-16-32(17-21-35)49(31-12-8-6-9-13-31,33-18-22-36(61-2)23-19-33)66-27-38-42(69-70(59,64-5)30-65-40-26-37(62-3)46(68-40)55-25-24-39(57)54-48(55)58)43(63-4)47(67-38)56-29-52-41-44(50-28-51-45(41)56)53-34-14-10-7-11-15-34/h6-26,28-29,37-38,40,42-43,46-47H,27,30H2,1-5H3,(H,50,51,53)(H,54,57,58)/t37-,38+,40-,42?,43-,46+,47+,70?/m0/s1. The minimum Gasteiger partial charge on any atom is -0.497 e. The number of anilines is 2. The average Bonchev–Trinajstić information content (AvgIpc) is 4.12. The first-order chi connectivity index (χ1) is 34.1. The summed E-state index contributed by atoms with van der Waals surface area (Å²) in [7, 11) is 3.08. The summed E-state index contributed by atoms with van der Waals surface area (Å²) in [5.74, 6) is 1.75. The molecule has 2 N–H and O–H groups in total. The molecule has 1 radical (unpaired) electrons. The van der Waals surface area contributed by atoms with Crippen molar-refractivity contribution >= 4 is 30.3 Å². The third-order valence-corrected chi connectivity index (χ3v) is 13.7. The summed E-state index contributed by atoms with van der Waals surface area (Å²) in [6.45, 7) is -0.175. The van der Waals surface area contributed by atoms with Gasteiger partial charge in [-0.1, -0.05) is 72.8 Å². The fraction of sp³-hybridized carbons (Fsp3) is 0.306. The lowest BCUT2D eigenvalue weighted by molar-refractivity contribution is -0.144. The van der Waals surface area contributed by atoms with E-state index in [0.717, 1.165) is 26.9 Å². The quantitative estimate of drug-likeness (QED) is 0.0629. The highest BCUT2D eigenvalue weighted by Crippen LogP contribution is 2.53. The Morgan fingerprint density at radius 2 is 1.39 bits per heavy atom. The van der Waals surface area contributed by atoms with Crippen LogP contribution in [0.5, 0.6) is 11.5 Å². The van der Waals surface area contributed by atoms with Crippen LogP contribution in [0.3, 0.4) is 0 Å². The van der Waals surface area contributed by atoms with Gasteiger partial charge in [-0.3, -0.25) is 28.0 Å². The van der Waals surface area contributed by atoms with Crippen LogP contribution in [0.25, 0.3) is 11.2 Å². The van der Waals surface area contributed by atoms with Gasteiger partial charge in [0, 0.05) is 39.3 Å². The molecule has 5 heterocycles. The molecular formula is C49H51N7O13P. The van der Waals surface area contributed by atoms with Crippen LogP contribution in [0, 0.1) is 6.42 Å². The number of fused-ring (bicyclic) bond motifs is 1. The van der Waals surface area contributed by atoms with Crippen LogP contribution in [0.15, 0.2) is 144 Å². The summed E-state index contributed by atoms with van der Waals surface area (Å²) in [6.07, 6.45) is -1.96. The van der Waals surface area contributed by atoms with Crippen LogP contribution in [0.2, 0.25) is 0 Å². The first-order valence-corrected chi connectivity index (χ1v) is 23.8. The molecule has 0 spiro atoms. The van der Waals surface area contributed by atoms with Gasteiger partial charge in [-0.15, -0.1) is 0 Å². The van der Waals surface area contributed by atoms with Crippen molar-refractivity contribution in [1.29, 1.82) is 0 Å². The van der Waals surface area contributed by atoms with Crippen molar-refractivity contribution in [2.75, 3.05) is 53.8 Å². The zero-order valence-electron chi connectivity index (χ0n) is 38.7. The van der Waals surface area contributed by atoms with E-state index in [1.807, 2.05) is 109 Å². The molecule has 2 fully saturated rings. The summed E-state index contributed by atoms with van der Waals surface area (Å²) in [6, 6.07) is 35.6. The number of imidazole rings is 1. The third kappa shape index (κ3) is 9.78. The number of aromatic amines is 1. The Bertz CT molecular complexity index is 2970. The second kappa shape index (κ2) is 21.2. The number of benzene rings is 4. The van der Waals surface area contributed by atoms with Crippen molar-refractivity contribution in [1.82, 2.24) is 29.1 Å². The van der Waals surface area contributed by atoms with E-state index < -0.39 is 74.0 Å². The number of methoxy groups -OCH3 is 4. The van der Waals surface area contributed by atoms with E-state index in [9.17, 15) is 14.2 Å². The summed E-state index contributed by atoms with van der Waals surface area (Å²) in [5, 5.41) is 3.31. The van der Waals surface area contributed by atoms with Crippen LogP contribution < -0.4 is 26.0 Å². The first kappa shape index (κ1) is 48.4. The average molecular weight is 977 g/mol. The molecular weight excluding hydrogens is 926 g/mol. The molecule has 3 aromatic heterocycles. The molecule has 8 atom stereocenters. The minimum atomic E-state index is -4.26. The highest BCUT2D eigenvalue weighted by Gasteiger charge is 2.52. The number of aromatic nitrogens is 6. The molecule has 2 aliphatic rings. The third-order valence-electron chi connectivity index (χ3n) is 12.1. The van der Waals surface area contributed by atoms with Gasteiger partial charge in [0.1, 0.15) is 47.8 Å². The van der Waals surface area contributed by atoms with Gasteiger partial charge in [0.05, 0.1) is 33.6 Å². The molecule has 2 unspecified atom stereocenters. The molecule has 0 bridgehead atoms. The van der Waals surface area contributed by atoms with Crippen molar-refractivity contribution < 1.29 is 51.5 Å². The molecule has 4 aromatic carbocycles. The molecule has 0 amide bonds. The molecule has 365 valence electrons. The highest BCUT2D eigenvalue weighted by molar-refractivity contribution is 7.53. The number of H-pyrrole nitrogens is 1. The summed E-state index contributed by atoms with van der Waals surface area (Å²) in [5.41, 5.74) is 1.38. The van der Waals surface area contributed by atoms with Crippen LogP contribution in [-0.4, -0.2) is 108 Å².